The van der Waals surface area contributed by atoms with Gasteiger partial charge in [0.15, 0.2) is 17.5 Å². The number of para-hydroxylation sites is 1. The summed E-state index contributed by atoms with van der Waals surface area (Å²) in [6.45, 7) is 0. The fraction of sp³-hybridized carbons (Fsp3) is 0.0210. The van der Waals surface area contributed by atoms with Crippen LogP contribution in [0.3, 0.4) is 0 Å². The Labute approximate surface area is 863 Å². The number of benzene rings is 24. The van der Waals surface area contributed by atoms with E-state index in [9.17, 15) is 0 Å². The van der Waals surface area contributed by atoms with Gasteiger partial charge >= 0.3 is 0 Å². The van der Waals surface area contributed by atoms with Gasteiger partial charge in [-0.15, -0.1) is 0 Å². The molecular formula is C143H92N6. The van der Waals surface area contributed by atoms with E-state index in [-0.39, 0.29) is 0 Å². The van der Waals surface area contributed by atoms with Crippen LogP contribution in [0.4, 0.5) is 0 Å². The van der Waals surface area contributed by atoms with E-state index < -0.39 is 16.2 Å². The third-order valence-electron chi connectivity index (χ3n) is 31.2. The van der Waals surface area contributed by atoms with Crippen molar-refractivity contribution in [3.8, 4) is 112 Å². The largest absolute Gasteiger partial charge is 0.228 e. The van der Waals surface area contributed by atoms with Crippen LogP contribution in [-0.4, -0.2) is 29.9 Å². The Morgan fingerprint density at radius 3 is 0.953 bits per heavy atom. The van der Waals surface area contributed by atoms with Gasteiger partial charge < -0.3 is 0 Å². The number of hydrogen-bond acceptors (Lipinski definition) is 6. The Balaban J connectivity index is 0.000000108. The molecule has 3 heterocycles. The van der Waals surface area contributed by atoms with Crippen molar-refractivity contribution in [2.45, 2.75) is 16.2 Å². The van der Waals surface area contributed by atoms with Crippen molar-refractivity contribution in [3.63, 3.8) is 0 Å². The molecule has 0 saturated carbocycles. The van der Waals surface area contributed by atoms with Gasteiger partial charge in [0.25, 0.3) is 0 Å². The molecule has 3 aromatic heterocycles. The van der Waals surface area contributed by atoms with Crippen LogP contribution < -0.4 is 0 Å². The molecule has 0 atom stereocenters. The minimum Gasteiger partial charge on any atom is -0.228 e. The molecule has 3 aliphatic carbocycles. The second-order valence-corrected chi connectivity index (χ2v) is 39.1. The molecule has 6 heteroatoms. The van der Waals surface area contributed by atoms with E-state index in [2.05, 4.69) is 552 Å². The smallest absolute Gasteiger partial charge is 0.161 e. The molecule has 0 unspecified atom stereocenters. The fourth-order valence-corrected chi connectivity index (χ4v) is 24.9. The third-order valence-corrected chi connectivity index (χ3v) is 31.2. The maximum absolute atomic E-state index is 5.42. The molecule has 24 aromatic carbocycles. The Morgan fingerprint density at radius 1 is 0.141 bits per heavy atom. The highest BCUT2D eigenvalue weighted by molar-refractivity contribution is 6.15. The highest BCUT2D eigenvalue weighted by Crippen LogP contribution is 2.63. The molecule has 6 nitrogen and oxygen atoms in total. The van der Waals surface area contributed by atoms with Crippen molar-refractivity contribution in [2.24, 2.45) is 0 Å². The average Bonchev–Trinajstić information content (AvgIpc) is 1.51. The van der Waals surface area contributed by atoms with Crippen molar-refractivity contribution >= 4 is 86.6 Å². The first-order valence-corrected chi connectivity index (χ1v) is 51.2. The number of rotatable bonds is 13. The summed E-state index contributed by atoms with van der Waals surface area (Å²) >= 11 is 0. The van der Waals surface area contributed by atoms with E-state index in [1.165, 1.54) is 149 Å². The molecule has 30 rings (SSSR count). The predicted octanol–water partition coefficient (Wildman–Crippen LogP) is 35.4. The molecule has 0 aliphatic heterocycles. The Bertz CT molecular complexity index is 9810. The minimum atomic E-state index is -0.498. The van der Waals surface area contributed by atoms with E-state index in [1.54, 1.807) is 0 Å². The van der Waals surface area contributed by atoms with Crippen LogP contribution in [0.5, 0.6) is 0 Å². The third kappa shape index (κ3) is 14.2. The van der Waals surface area contributed by atoms with E-state index in [4.69, 9.17) is 29.9 Å². The first-order chi connectivity index (χ1) is 73.9. The fourth-order valence-electron chi connectivity index (χ4n) is 24.9. The summed E-state index contributed by atoms with van der Waals surface area (Å²) < 4.78 is 0. The average molecular weight is 1890 g/mol. The molecule has 0 bridgehead atoms. The van der Waals surface area contributed by atoms with Gasteiger partial charge in [0.1, 0.15) is 0 Å². The molecule has 0 saturated heterocycles. The van der Waals surface area contributed by atoms with E-state index in [0.717, 1.165) is 117 Å². The van der Waals surface area contributed by atoms with Gasteiger partial charge in [0.05, 0.1) is 49.9 Å². The quantitative estimate of drug-likeness (QED) is 0.107. The van der Waals surface area contributed by atoms with Crippen LogP contribution >= 0.6 is 0 Å². The Kier molecular flexibility index (Phi) is 21.2. The summed E-state index contributed by atoms with van der Waals surface area (Å²) in [5.74, 6) is 2.18. The predicted molar refractivity (Wildman–Crippen MR) is 616 cm³/mol. The molecule has 0 N–H and O–H groups in total. The lowest BCUT2D eigenvalue weighted by Gasteiger charge is -2.34. The van der Waals surface area contributed by atoms with Crippen LogP contribution in [-0.2, 0) is 16.2 Å². The van der Waals surface area contributed by atoms with Crippen molar-refractivity contribution in [2.75, 3.05) is 0 Å². The van der Waals surface area contributed by atoms with Gasteiger partial charge in [0, 0.05) is 54.9 Å². The van der Waals surface area contributed by atoms with Crippen LogP contribution in [0.15, 0.2) is 558 Å². The topological polar surface area (TPSA) is 77.3 Å². The van der Waals surface area contributed by atoms with Crippen molar-refractivity contribution in [3.05, 3.63) is 625 Å². The SMILES string of the molecule is c1ccc(-c2ccc(-c3nc(-c4cc5c(c6ccccc46)C(c4ccccc4)(c4ccccc4)c4ccccc4-5)nc4ccccc34)cc2)cc1.c1ccc(-c2nc(-c3ccc4c5c(ccc4c3)-c3ccccc3C5(c3ccccc3)c3ccccc3)nc3c2ccc2ccccc23)cc1.c1ccc(-c2nc(-c3ccc4c5c(ccc4c3)-c3ccccc3C5(c3ccccc3)c3ccccc3)nc3ccc4ccccc4c23)cc1. The van der Waals surface area contributed by atoms with Gasteiger partial charge in [-0.05, 0) is 196 Å². The number of aromatic nitrogens is 6. The van der Waals surface area contributed by atoms with Gasteiger partial charge in [-0.1, -0.05) is 522 Å². The second-order valence-electron chi connectivity index (χ2n) is 39.1. The number of hydrogen-bond donors (Lipinski definition) is 0. The molecule has 0 spiro atoms. The normalized spacial score (nSPS) is 13.0. The first-order valence-electron chi connectivity index (χ1n) is 51.2. The summed E-state index contributed by atoms with van der Waals surface area (Å²) in [5.41, 5.74) is 35.9. The van der Waals surface area contributed by atoms with Crippen LogP contribution in [0.1, 0.15) is 66.8 Å². The molecule has 694 valence electrons. The van der Waals surface area contributed by atoms with Gasteiger partial charge in [0.2, 0.25) is 0 Å². The lowest BCUT2D eigenvalue weighted by Crippen LogP contribution is -2.28. The second kappa shape index (κ2) is 36.2. The van der Waals surface area contributed by atoms with E-state index >= 15 is 0 Å². The molecule has 3 aliphatic rings. The summed E-state index contributed by atoms with van der Waals surface area (Å²) in [7, 11) is 0. The van der Waals surface area contributed by atoms with Gasteiger partial charge in [-0.2, -0.15) is 0 Å². The molecule has 0 amide bonds. The standard InChI is InChI=1S/C49H32N2.2C47H30N2/c1-4-16-33(17-5-1)34-28-30-35(31-29-34)47-41-25-13-15-27-45(41)50-48(51-47)43-32-42-39-23-12-14-26-44(39)49(36-18-6-2-7-19-36,37-20-8-3-9-21-37)46(42)40-24-11-10-22-38(40)43;1-4-15-32(16-5-1)44-41-29-24-31-14-10-11-21-38(31)45(41)49-46(48-44)34-26-27-37-33(30-34)25-28-40-39-22-12-13-23-42(39)47(43(37)40,35-17-6-2-7-18-35)36-19-8-3-9-20-36;1-4-15-32(16-5-1)45-43-37-21-11-10-14-31(37)26-29-42(43)48-46(49-45)34-25-27-38-33(30-34)24-28-40-39-22-12-13-23-41(39)47(44(38)40,35-17-6-2-7-18-35)36-19-8-3-9-20-36/h1-32H;2*1-30H. The van der Waals surface area contributed by atoms with Gasteiger partial charge in [-0.3, -0.25) is 0 Å². The molecule has 27 aromatic rings. The molecule has 149 heavy (non-hydrogen) atoms. The van der Waals surface area contributed by atoms with Crippen LogP contribution in [0.2, 0.25) is 0 Å². The maximum atomic E-state index is 5.42. The Morgan fingerprint density at radius 2 is 0.456 bits per heavy atom. The highest BCUT2D eigenvalue weighted by Gasteiger charge is 2.51. The first kappa shape index (κ1) is 87.4. The van der Waals surface area contributed by atoms with Crippen molar-refractivity contribution in [1.82, 2.24) is 29.9 Å². The van der Waals surface area contributed by atoms with E-state index in [0.29, 0.717) is 0 Å². The highest BCUT2D eigenvalue weighted by atomic mass is 14.9. The summed E-state index contributed by atoms with van der Waals surface area (Å²) in [6, 6.07) is 201. The monoisotopic (exact) mass is 1890 g/mol. The summed E-state index contributed by atoms with van der Waals surface area (Å²) in [5, 5.41) is 15.0. The number of fused-ring (bicyclic) bond motifs is 22. The van der Waals surface area contributed by atoms with E-state index in [1.807, 2.05) is 6.07 Å². The summed E-state index contributed by atoms with van der Waals surface area (Å²) in [4.78, 5) is 31.8. The van der Waals surface area contributed by atoms with Gasteiger partial charge in [-0.25, -0.2) is 29.9 Å². The maximum Gasteiger partial charge on any atom is 0.161 e. The minimum absolute atomic E-state index is 0.462. The zero-order chi connectivity index (χ0) is 98.5. The molecule has 0 radical (unpaired) electrons. The zero-order valence-corrected chi connectivity index (χ0v) is 81.3. The lowest BCUT2D eigenvalue weighted by molar-refractivity contribution is 0.775. The zero-order valence-electron chi connectivity index (χ0n) is 81.3. The molecule has 0 fully saturated rings. The summed E-state index contributed by atoms with van der Waals surface area (Å²) in [6.07, 6.45) is 0. The lowest BCUT2D eigenvalue weighted by atomic mass is 9.66. The Hall–Kier alpha value is -19.4. The van der Waals surface area contributed by atoms with Crippen LogP contribution in [0.25, 0.3) is 199 Å². The van der Waals surface area contributed by atoms with Crippen molar-refractivity contribution in [1.29, 1.82) is 0 Å². The van der Waals surface area contributed by atoms with Crippen molar-refractivity contribution < 1.29 is 0 Å². The van der Waals surface area contributed by atoms with Crippen LogP contribution in [0, 0.1) is 0 Å². The molecular weight excluding hydrogens is 1800 g/mol. The number of nitrogens with zero attached hydrogens (tertiary/aromatic N) is 6.